The molecule has 0 aliphatic heterocycles. The second-order valence-corrected chi connectivity index (χ2v) is 4.80. The van der Waals surface area contributed by atoms with Crippen molar-refractivity contribution in [3.63, 3.8) is 0 Å². The normalized spacial score (nSPS) is 14.1. The van der Waals surface area contributed by atoms with E-state index in [1.807, 2.05) is 6.07 Å². The lowest BCUT2D eigenvalue weighted by Crippen LogP contribution is -2.31. The van der Waals surface area contributed by atoms with E-state index in [0.717, 1.165) is 31.5 Å². The van der Waals surface area contributed by atoms with Crippen molar-refractivity contribution in [2.75, 3.05) is 19.6 Å². The van der Waals surface area contributed by atoms with E-state index < -0.39 is 0 Å². The molecule has 0 radical (unpaired) electrons. The SMILES string of the molecule is CCNCCNC(=O)c1ccc2c(c1)CCCC2. The summed E-state index contributed by atoms with van der Waals surface area (Å²) in [7, 11) is 0. The summed E-state index contributed by atoms with van der Waals surface area (Å²) in [6.45, 7) is 4.51. The van der Waals surface area contributed by atoms with E-state index in [1.165, 1.54) is 24.0 Å². The molecule has 0 heterocycles. The van der Waals surface area contributed by atoms with Gasteiger partial charge < -0.3 is 10.6 Å². The van der Waals surface area contributed by atoms with Crippen LogP contribution < -0.4 is 10.6 Å². The van der Waals surface area contributed by atoms with Gasteiger partial charge in [0, 0.05) is 18.7 Å². The van der Waals surface area contributed by atoms with Crippen molar-refractivity contribution in [2.45, 2.75) is 32.6 Å². The topological polar surface area (TPSA) is 41.1 Å². The first-order valence-electron chi connectivity index (χ1n) is 6.92. The molecule has 0 spiro atoms. The van der Waals surface area contributed by atoms with Gasteiger partial charge in [-0.3, -0.25) is 4.79 Å². The summed E-state index contributed by atoms with van der Waals surface area (Å²) in [5.74, 6) is 0.0428. The Hall–Kier alpha value is -1.35. The highest BCUT2D eigenvalue weighted by Crippen LogP contribution is 2.22. The molecule has 0 bridgehead atoms. The number of hydrogen-bond acceptors (Lipinski definition) is 2. The standard InChI is InChI=1S/C15H22N2O/c1-2-16-9-10-17-15(18)14-8-7-12-5-3-4-6-13(12)11-14/h7-8,11,16H,2-6,9-10H2,1H3,(H,17,18). The number of nitrogens with one attached hydrogen (secondary N) is 2. The van der Waals surface area contributed by atoms with Gasteiger partial charge in [0.15, 0.2) is 0 Å². The molecule has 0 aromatic heterocycles. The molecule has 2 N–H and O–H groups in total. The van der Waals surface area contributed by atoms with Crippen LogP contribution in [-0.4, -0.2) is 25.5 Å². The fraction of sp³-hybridized carbons (Fsp3) is 0.533. The van der Waals surface area contributed by atoms with Crippen LogP contribution in [0.4, 0.5) is 0 Å². The Morgan fingerprint density at radius 2 is 1.94 bits per heavy atom. The van der Waals surface area contributed by atoms with Crippen molar-refractivity contribution in [2.24, 2.45) is 0 Å². The number of benzene rings is 1. The first-order valence-corrected chi connectivity index (χ1v) is 6.92. The minimum atomic E-state index is 0.0428. The lowest BCUT2D eigenvalue weighted by atomic mass is 9.90. The molecule has 0 saturated heterocycles. The molecule has 1 amide bonds. The average molecular weight is 246 g/mol. The quantitative estimate of drug-likeness (QED) is 0.779. The van der Waals surface area contributed by atoms with Gasteiger partial charge in [0.2, 0.25) is 0 Å². The minimum Gasteiger partial charge on any atom is -0.351 e. The van der Waals surface area contributed by atoms with Crippen molar-refractivity contribution < 1.29 is 4.79 Å². The van der Waals surface area contributed by atoms with Crippen LogP contribution in [0.5, 0.6) is 0 Å². The Morgan fingerprint density at radius 3 is 2.72 bits per heavy atom. The van der Waals surface area contributed by atoms with Crippen LogP contribution in [0, 0.1) is 0 Å². The first-order chi connectivity index (χ1) is 8.81. The number of aryl methyl sites for hydroxylation is 2. The third-order valence-electron chi connectivity index (χ3n) is 3.45. The maximum atomic E-state index is 12.0. The Labute approximate surface area is 109 Å². The minimum absolute atomic E-state index is 0.0428. The highest BCUT2D eigenvalue weighted by molar-refractivity contribution is 5.94. The van der Waals surface area contributed by atoms with Gasteiger partial charge in [0.25, 0.3) is 5.91 Å². The third-order valence-corrected chi connectivity index (χ3v) is 3.45. The molecule has 18 heavy (non-hydrogen) atoms. The Balaban J connectivity index is 1.94. The van der Waals surface area contributed by atoms with Gasteiger partial charge in [-0.05, 0) is 55.5 Å². The summed E-state index contributed by atoms with van der Waals surface area (Å²) >= 11 is 0. The molecular weight excluding hydrogens is 224 g/mol. The lowest BCUT2D eigenvalue weighted by Gasteiger charge is -2.16. The summed E-state index contributed by atoms with van der Waals surface area (Å²) in [4.78, 5) is 12.0. The number of fused-ring (bicyclic) bond motifs is 1. The lowest BCUT2D eigenvalue weighted by molar-refractivity contribution is 0.0954. The van der Waals surface area contributed by atoms with Crippen molar-refractivity contribution >= 4 is 5.91 Å². The van der Waals surface area contributed by atoms with E-state index >= 15 is 0 Å². The van der Waals surface area contributed by atoms with Crippen molar-refractivity contribution in [3.8, 4) is 0 Å². The molecule has 0 unspecified atom stereocenters. The van der Waals surface area contributed by atoms with Crippen LogP contribution in [0.2, 0.25) is 0 Å². The summed E-state index contributed by atoms with van der Waals surface area (Å²) < 4.78 is 0. The Bertz CT molecular complexity index is 415. The highest BCUT2D eigenvalue weighted by Gasteiger charge is 2.12. The molecular formula is C15H22N2O. The summed E-state index contributed by atoms with van der Waals surface area (Å²) in [5.41, 5.74) is 3.58. The summed E-state index contributed by atoms with van der Waals surface area (Å²) in [5, 5.41) is 6.13. The van der Waals surface area contributed by atoms with Crippen LogP contribution in [0.3, 0.4) is 0 Å². The first kappa shape index (κ1) is 13.1. The summed E-state index contributed by atoms with van der Waals surface area (Å²) in [6, 6.07) is 6.14. The van der Waals surface area contributed by atoms with E-state index in [1.54, 1.807) is 0 Å². The molecule has 0 atom stereocenters. The van der Waals surface area contributed by atoms with Gasteiger partial charge in [-0.15, -0.1) is 0 Å². The van der Waals surface area contributed by atoms with Gasteiger partial charge in [-0.2, -0.15) is 0 Å². The predicted octanol–water partition coefficient (Wildman–Crippen LogP) is 1.90. The van der Waals surface area contributed by atoms with E-state index in [0.29, 0.717) is 6.54 Å². The molecule has 1 aliphatic rings. The highest BCUT2D eigenvalue weighted by atomic mass is 16.1. The van der Waals surface area contributed by atoms with Crippen LogP contribution in [-0.2, 0) is 12.8 Å². The van der Waals surface area contributed by atoms with Gasteiger partial charge in [0.1, 0.15) is 0 Å². The molecule has 1 aromatic carbocycles. The van der Waals surface area contributed by atoms with Gasteiger partial charge in [0.05, 0.1) is 0 Å². The second kappa shape index (κ2) is 6.55. The molecule has 0 saturated carbocycles. The molecule has 3 nitrogen and oxygen atoms in total. The predicted molar refractivity (Wildman–Crippen MR) is 74.0 cm³/mol. The molecule has 1 aromatic rings. The fourth-order valence-electron chi connectivity index (χ4n) is 2.42. The molecule has 1 aliphatic carbocycles. The maximum Gasteiger partial charge on any atom is 0.251 e. The van der Waals surface area contributed by atoms with Crippen LogP contribution in [0.15, 0.2) is 18.2 Å². The fourth-order valence-corrected chi connectivity index (χ4v) is 2.42. The molecule has 3 heteroatoms. The summed E-state index contributed by atoms with van der Waals surface area (Å²) in [6.07, 6.45) is 4.81. The van der Waals surface area contributed by atoms with Crippen molar-refractivity contribution in [3.05, 3.63) is 34.9 Å². The van der Waals surface area contributed by atoms with Crippen LogP contribution in [0.25, 0.3) is 0 Å². The largest absolute Gasteiger partial charge is 0.351 e. The smallest absolute Gasteiger partial charge is 0.251 e. The van der Waals surface area contributed by atoms with E-state index in [2.05, 4.69) is 29.7 Å². The van der Waals surface area contributed by atoms with E-state index in [4.69, 9.17) is 0 Å². The third kappa shape index (κ3) is 3.33. The van der Waals surface area contributed by atoms with E-state index in [-0.39, 0.29) is 5.91 Å². The Morgan fingerprint density at radius 1 is 1.17 bits per heavy atom. The van der Waals surface area contributed by atoms with Gasteiger partial charge in [-0.25, -0.2) is 0 Å². The Kier molecular flexibility index (Phi) is 4.76. The van der Waals surface area contributed by atoms with Gasteiger partial charge >= 0.3 is 0 Å². The van der Waals surface area contributed by atoms with Crippen molar-refractivity contribution in [1.82, 2.24) is 10.6 Å². The number of carbonyl (C=O) groups excluding carboxylic acids is 1. The molecule has 2 rings (SSSR count). The monoisotopic (exact) mass is 246 g/mol. The zero-order valence-electron chi connectivity index (χ0n) is 11.1. The zero-order valence-corrected chi connectivity index (χ0v) is 11.1. The number of amides is 1. The molecule has 98 valence electrons. The van der Waals surface area contributed by atoms with Crippen LogP contribution >= 0.6 is 0 Å². The number of hydrogen-bond donors (Lipinski definition) is 2. The average Bonchev–Trinajstić information content (AvgIpc) is 2.43. The second-order valence-electron chi connectivity index (χ2n) is 4.80. The van der Waals surface area contributed by atoms with Gasteiger partial charge in [-0.1, -0.05) is 13.0 Å². The maximum absolute atomic E-state index is 12.0. The van der Waals surface area contributed by atoms with E-state index in [9.17, 15) is 4.79 Å². The number of likely N-dealkylation sites (N-methyl/N-ethyl adjacent to an activating group) is 1. The number of carbonyl (C=O) groups is 1. The number of rotatable bonds is 5. The van der Waals surface area contributed by atoms with Crippen LogP contribution in [0.1, 0.15) is 41.3 Å². The molecule has 0 fully saturated rings. The van der Waals surface area contributed by atoms with Crippen molar-refractivity contribution in [1.29, 1.82) is 0 Å². The zero-order chi connectivity index (χ0) is 12.8.